The lowest BCUT2D eigenvalue weighted by Gasteiger charge is -2.02. The second-order valence-corrected chi connectivity index (χ2v) is 4.99. The first-order valence-corrected chi connectivity index (χ1v) is 5.97. The van der Waals surface area contributed by atoms with Crippen LogP contribution in [0.5, 0.6) is 0 Å². The number of aromatic nitrogens is 2. The van der Waals surface area contributed by atoms with Crippen LogP contribution in [-0.4, -0.2) is 18.6 Å². The number of benzene rings is 1. The van der Waals surface area contributed by atoms with Gasteiger partial charge in [0.05, 0.1) is 0 Å². The van der Waals surface area contributed by atoms with Crippen molar-refractivity contribution in [2.75, 3.05) is 0 Å². The van der Waals surface area contributed by atoms with E-state index in [2.05, 4.69) is 14.7 Å². The largest absolute Gasteiger partial charge is 0.343 e. The Balaban J connectivity index is 2.37. The van der Waals surface area contributed by atoms with Gasteiger partial charge in [-0.3, -0.25) is 0 Å². The fourth-order valence-corrected chi connectivity index (χ4v) is 2.47. The van der Waals surface area contributed by atoms with Crippen LogP contribution in [0, 0.1) is 5.82 Å². The van der Waals surface area contributed by atoms with Crippen molar-refractivity contribution in [2.24, 2.45) is 0 Å². The molecule has 0 N–H and O–H groups in total. The molecule has 0 atom stereocenters. The van der Waals surface area contributed by atoms with E-state index in [9.17, 15) is 12.8 Å². The number of rotatable bonds is 3. The maximum atomic E-state index is 13.3. The van der Waals surface area contributed by atoms with E-state index in [1.807, 2.05) is 0 Å². The standard InChI is InChI=1S/C9H7FN2O3S/c10-7-3-1-2-4-8(7)16(13,14)5-9-11-6-15-12-9/h1-4,6H,5H2. The highest BCUT2D eigenvalue weighted by Crippen LogP contribution is 2.17. The van der Waals surface area contributed by atoms with Crippen molar-refractivity contribution >= 4 is 9.84 Å². The highest BCUT2D eigenvalue weighted by molar-refractivity contribution is 7.90. The summed E-state index contributed by atoms with van der Waals surface area (Å²) in [5, 5.41) is 3.37. The molecule has 0 bridgehead atoms. The molecule has 5 nitrogen and oxygen atoms in total. The molecular formula is C9H7FN2O3S. The van der Waals surface area contributed by atoms with Crippen molar-refractivity contribution in [3.05, 3.63) is 42.3 Å². The van der Waals surface area contributed by atoms with Gasteiger partial charge in [0.25, 0.3) is 0 Å². The summed E-state index contributed by atoms with van der Waals surface area (Å²) in [6.45, 7) is 0. The first kappa shape index (κ1) is 10.7. The molecule has 7 heteroatoms. The number of hydrogen-bond donors (Lipinski definition) is 0. The van der Waals surface area contributed by atoms with Crippen LogP contribution >= 0.6 is 0 Å². The Morgan fingerprint density at radius 2 is 2.06 bits per heavy atom. The van der Waals surface area contributed by atoms with Crippen LogP contribution in [0.1, 0.15) is 5.82 Å². The predicted octanol–water partition coefficient (Wildman–Crippen LogP) is 1.18. The van der Waals surface area contributed by atoms with E-state index in [4.69, 9.17) is 0 Å². The first-order chi connectivity index (χ1) is 7.59. The van der Waals surface area contributed by atoms with Gasteiger partial charge in [0.1, 0.15) is 16.5 Å². The van der Waals surface area contributed by atoms with Gasteiger partial charge in [0.2, 0.25) is 6.39 Å². The maximum absolute atomic E-state index is 13.3. The van der Waals surface area contributed by atoms with E-state index in [0.717, 1.165) is 12.5 Å². The van der Waals surface area contributed by atoms with Crippen molar-refractivity contribution in [3.63, 3.8) is 0 Å². The lowest BCUT2D eigenvalue weighted by molar-refractivity contribution is 0.411. The van der Waals surface area contributed by atoms with Crippen LogP contribution in [0.4, 0.5) is 4.39 Å². The molecule has 0 spiro atoms. The van der Waals surface area contributed by atoms with Crippen LogP contribution in [0.25, 0.3) is 0 Å². The van der Waals surface area contributed by atoms with Gasteiger partial charge in [-0.25, -0.2) is 12.8 Å². The minimum Gasteiger partial charge on any atom is -0.343 e. The third kappa shape index (κ3) is 2.08. The SMILES string of the molecule is O=S(=O)(Cc1ncon1)c1ccccc1F. The highest BCUT2D eigenvalue weighted by Gasteiger charge is 2.21. The first-order valence-electron chi connectivity index (χ1n) is 4.32. The summed E-state index contributed by atoms with van der Waals surface area (Å²) in [6.07, 6.45) is 1.02. The molecule has 0 aliphatic rings. The summed E-state index contributed by atoms with van der Waals surface area (Å²) < 4.78 is 41.2. The molecule has 0 aliphatic carbocycles. The Morgan fingerprint density at radius 3 is 2.69 bits per heavy atom. The molecular weight excluding hydrogens is 235 g/mol. The van der Waals surface area contributed by atoms with Gasteiger partial charge in [0.15, 0.2) is 15.7 Å². The zero-order valence-electron chi connectivity index (χ0n) is 8.00. The summed E-state index contributed by atoms with van der Waals surface area (Å²) >= 11 is 0. The molecule has 0 fully saturated rings. The Morgan fingerprint density at radius 1 is 1.31 bits per heavy atom. The van der Waals surface area contributed by atoms with Gasteiger partial charge < -0.3 is 4.52 Å². The molecule has 84 valence electrons. The molecule has 1 aromatic heterocycles. The molecule has 1 aromatic carbocycles. The van der Waals surface area contributed by atoms with Gasteiger partial charge in [-0.15, -0.1) is 0 Å². The molecule has 0 saturated carbocycles. The van der Waals surface area contributed by atoms with Crippen LogP contribution in [0.15, 0.2) is 40.1 Å². The van der Waals surface area contributed by atoms with Gasteiger partial charge >= 0.3 is 0 Å². The Bertz CT molecular complexity index is 581. The smallest absolute Gasteiger partial charge is 0.213 e. The molecule has 0 saturated heterocycles. The minimum absolute atomic E-state index is 0.00301. The fourth-order valence-electron chi connectivity index (χ4n) is 1.20. The van der Waals surface area contributed by atoms with Crippen molar-refractivity contribution in [3.8, 4) is 0 Å². The van der Waals surface area contributed by atoms with Crippen LogP contribution in [0.2, 0.25) is 0 Å². The number of sulfone groups is 1. The predicted molar refractivity (Wildman–Crippen MR) is 51.6 cm³/mol. The van der Waals surface area contributed by atoms with Crippen LogP contribution in [0.3, 0.4) is 0 Å². The van der Waals surface area contributed by atoms with E-state index < -0.39 is 21.4 Å². The van der Waals surface area contributed by atoms with E-state index >= 15 is 0 Å². The zero-order valence-corrected chi connectivity index (χ0v) is 8.82. The van der Waals surface area contributed by atoms with E-state index in [0.29, 0.717) is 0 Å². The summed E-state index contributed by atoms with van der Waals surface area (Å²) in [5.41, 5.74) is 0. The normalized spacial score (nSPS) is 11.6. The van der Waals surface area contributed by atoms with Crippen molar-refractivity contribution < 1.29 is 17.3 Å². The molecule has 2 aromatic rings. The molecule has 0 aliphatic heterocycles. The van der Waals surface area contributed by atoms with Crippen molar-refractivity contribution in [1.82, 2.24) is 10.1 Å². The highest BCUT2D eigenvalue weighted by atomic mass is 32.2. The average Bonchev–Trinajstić information content (AvgIpc) is 2.70. The average molecular weight is 242 g/mol. The van der Waals surface area contributed by atoms with Gasteiger partial charge in [-0.1, -0.05) is 17.3 Å². The lowest BCUT2D eigenvalue weighted by atomic mass is 10.3. The van der Waals surface area contributed by atoms with Crippen LogP contribution in [-0.2, 0) is 15.6 Å². The summed E-state index contributed by atoms with van der Waals surface area (Å²) in [5.74, 6) is -1.26. The molecule has 0 radical (unpaired) electrons. The monoisotopic (exact) mass is 242 g/mol. The second kappa shape index (κ2) is 4.01. The Labute approximate surface area is 90.8 Å². The van der Waals surface area contributed by atoms with E-state index in [1.165, 1.54) is 18.2 Å². The quantitative estimate of drug-likeness (QED) is 0.808. The molecule has 16 heavy (non-hydrogen) atoms. The van der Waals surface area contributed by atoms with E-state index in [-0.39, 0.29) is 10.7 Å². The van der Waals surface area contributed by atoms with Crippen molar-refractivity contribution in [1.29, 1.82) is 0 Å². The minimum atomic E-state index is -3.77. The summed E-state index contributed by atoms with van der Waals surface area (Å²) in [4.78, 5) is 3.22. The number of hydrogen-bond acceptors (Lipinski definition) is 5. The molecule has 2 rings (SSSR count). The van der Waals surface area contributed by atoms with Crippen molar-refractivity contribution in [2.45, 2.75) is 10.6 Å². The molecule has 0 amide bonds. The third-order valence-corrected chi connectivity index (χ3v) is 3.54. The number of halogens is 1. The number of nitrogens with zero attached hydrogens (tertiary/aromatic N) is 2. The van der Waals surface area contributed by atoms with E-state index in [1.54, 1.807) is 0 Å². The summed E-state index contributed by atoms with van der Waals surface area (Å²) in [6, 6.07) is 5.16. The summed E-state index contributed by atoms with van der Waals surface area (Å²) in [7, 11) is -3.77. The third-order valence-electron chi connectivity index (χ3n) is 1.90. The maximum Gasteiger partial charge on any atom is 0.213 e. The Hall–Kier alpha value is -1.76. The fraction of sp³-hybridized carbons (Fsp3) is 0.111. The molecule has 0 unspecified atom stereocenters. The topological polar surface area (TPSA) is 73.1 Å². The van der Waals surface area contributed by atoms with Gasteiger partial charge in [-0.05, 0) is 12.1 Å². The zero-order chi connectivity index (χ0) is 11.6. The second-order valence-electron chi connectivity index (χ2n) is 3.04. The lowest BCUT2D eigenvalue weighted by Crippen LogP contribution is -2.08. The van der Waals surface area contributed by atoms with Gasteiger partial charge in [-0.2, -0.15) is 4.98 Å². The van der Waals surface area contributed by atoms with Crippen LogP contribution < -0.4 is 0 Å². The molecule has 1 heterocycles. The Kier molecular flexibility index (Phi) is 2.69. The van der Waals surface area contributed by atoms with Gasteiger partial charge in [0, 0.05) is 0 Å².